The summed E-state index contributed by atoms with van der Waals surface area (Å²) >= 11 is 0. The second-order valence-electron chi connectivity index (χ2n) is 8.48. The van der Waals surface area contributed by atoms with Crippen molar-refractivity contribution in [3.8, 4) is 0 Å². The second-order valence-corrected chi connectivity index (χ2v) is 8.48. The molecule has 2 saturated heterocycles. The minimum Gasteiger partial charge on any atom is -0.353 e. The van der Waals surface area contributed by atoms with E-state index in [1.165, 1.54) is 4.90 Å². The standard InChI is InChI=1S/C22H26N4O3/c27-18(25-13-11-24(12-14-25)17-3-1-2-9-23-17)8-10-26-21(28)19-15-4-5-16(7-6-15)20(19)22(26)29/h1-5,9,15-16,19-20H,6-8,10-14H2/t15-,16-,19-,20-/m0/s1. The van der Waals surface area contributed by atoms with Gasteiger partial charge in [-0.1, -0.05) is 18.2 Å². The Morgan fingerprint density at radius 3 is 2.17 bits per heavy atom. The van der Waals surface area contributed by atoms with E-state index in [-0.39, 0.29) is 54.4 Å². The van der Waals surface area contributed by atoms with Crippen molar-refractivity contribution in [2.75, 3.05) is 37.6 Å². The van der Waals surface area contributed by atoms with Gasteiger partial charge in [-0.2, -0.15) is 0 Å². The lowest BCUT2D eigenvalue weighted by atomic mass is 9.63. The number of imide groups is 1. The monoisotopic (exact) mass is 394 g/mol. The van der Waals surface area contributed by atoms with E-state index in [2.05, 4.69) is 22.0 Å². The Balaban J connectivity index is 1.16. The van der Waals surface area contributed by atoms with Crippen LogP contribution in [0.5, 0.6) is 0 Å². The van der Waals surface area contributed by atoms with Crippen LogP contribution in [0.15, 0.2) is 36.5 Å². The fraction of sp³-hybridized carbons (Fsp3) is 0.545. The van der Waals surface area contributed by atoms with Gasteiger partial charge in [0.15, 0.2) is 0 Å². The van der Waals surface area contributed by atoms with E-state index in [9.17, 15) is 14.4 Å². The first kappa shape index (κ1) is 18.3. The number of carbonyl (C=O) groups is 3. The molecule has 2 aliphatic heterocycles. The van der Waals surface area contributed by atoms with Crippen molar-refractivity contribution >= 4 is 23.5 Å². The van der Waals surface area contributed by atoms with E-state index in [0.717, 1.165) is 31.7 Å². The lowest BCUT2D eigenvalue weighted by molar-refractivity contribution is -0.141. The predicted molar refractivity (Wildman–Crippen MR) is 107 cm³/mol. The third kappa shape index (κ3) is 3.12. The molecule has 6 rings (SSSR count). The maximum absolute atomic E-state index is 12.9. The second kappa shape index (κ2) is 7.28. The summed E-state index contributed by atoms with van der Waals surface area (Å²) in [7, 11) is 0. The fourth-order valence-electron chi connectivity index (χ4n) is 5.45. The van der Waals surface area contributed by atoms with Gasteiger partial charge in [0.2, 0.25) is 17.7 Å². The van der Waals surface area contributed by atoms with Crippen molar-refractivity contribution in [2.24, 2.45) is 23.7 Å². The molecule has 0 radical (unpaired) electrons. The first-order valence-corrected chi connectivity index (χ1v) is 10.6. The van der Waals surface area contributed by atoms with Crippen LogP contribution < -0.4 is 4.90 Å². The maximum Gasteiger partial charge on any atom is 0.233 e. The van der Waals surface area contributed by atoms with Crippen LogP contribution in [-0.2, 0) is 14.4 Å². The highest BCUT2D eigenvalue weighted by molar-refractivity contribution is 6.06. The van der Waals surface area contributed by atoms with Gasteiger partial charge in [-0.3, -0.25) is 19.3 Å². The van der Waals surface area contributed by atoms with Crippen molar-refractivity contribution in [3.05, 3.63) is 36.5 Å². The van der Waals surface area contributed by atoms with Crippen LogP contribution in [0.1, 0.15) is 19.3 Å². The highest BCUT2D eigenvalue weighted by Gasteiger charge is 2.56. The molecule has 7 heteroatoms. The summed E-state index contributed by atoms with van der Waals surface area (Å²) < 4.78 is 0. The molecule has 29 heavy (non-hydrogen) atoms. The molecule has 0 N–H and O–H groups in total. The normalized spacial score (nSPS) is 30.8. The third-order valence-corrected chi connectivity index (χ3v) is 7.01. The van der Waals surface area contributed by atoms with Crippen LogP contribution in [-0.4, -0.2) is 65.2 Å². The van der Waals surface area contributed by atoms with Gasteiger partial charge in [-0.05, 0) is 36.8 Å². The lowest BCUT2D eigenvalue weighted by Crippen LogP contribution is -2.49. The van der Waals surface area contributed by atoms with E-state index >= 15 is 0 Å². The van der Waals surface area contributed by atoms with Crippen molar-refractivity contribution in [3.63, 3.8) is 0 Å². The molecule has 3 heterocycles. The molecule has 0 aromatic carbocycles. The fourth-order valence-corrected chi connectivity index (χ4v) is 5.45. The van der Waals surface area contributed by atoms with Crippen molar-refractivity contribution in [1.29, 1.82) is 0 Å². The minimum absolute atomic E-state index is 0.0160. The zero-order chi connectivity index (χ0) is 20.0. The van der Waals surface area contributed by atoms with Crippen molar-refractivity contribution in [2.45, 2.75) is 19.3 Å². The van der Waals surface area contributed by atoms with Gasteiger partial charge in [0.25, 0.3) is 0 Å². The molecule has 1 saturated carbocycles. The van der Waals surface area contributed by atoms with E-state index in [1.807, 2.05) is 23.1 Å². The summed E-state index contributed by atoms with van der Waals surface area (Å²) in [6, 6.07) is 5.83. The first-order valence-electron chi connectivity index (χ1n) is 10.6. The Morgan fingerprint density at radius 2 is 1.62 bits per heavy atom. The number of allylic oxidation sites excluding steroid dienone is 2. The SMILES string of the molecule is O=C(CCN1C(=O)[C@@H]2[C@@H](C1=O)[C@H]1C=C[C@H]2CC1)N1CCN(c2ccccn2)CC1. The molecule has 7 nitrogen and oxygen atoms in total. The molecule has 2 bridgehead atoms. The van der Waals surface area contributed by atoms with Gasteiger partial charge in [0, 0.05) is 45.3 Å². The quantitative estimate of drug-likeness (QED) is 0.569. The lowest BCUT2D eigenvalue weighted by Gasteiger charge is -2.38. The molecule has 3 aliphatic carbocycles. The smallest absolute Gasteiger partial charge is 0.233 e. The van der Waals surface area contributed by atoms with E-state index in [1.54, 1.807) is 6.20 Å². The first-order chi connectivity index (χ1) is 14.1. The highest BCUT2D eigenvalue weighted by atomic mass is 16.2. The van der Waals surface area contributed by atoms with E-state index < -0.39 is 0 Å². The predicted octanol–water partition coefficient (Wildman–Crippen LogP) is 1.32. The number of fused-ring (bicyclic) bond motifs is 1. The zero-order valence-corrected chi connectivity index (χ0v) is 16.4. The molecule has 152 valence electrons. The summed E-state index contributed by atoms with van der Waals surface area (Å²) in [5, 5.41) is 0. The third-order valence-electron chi connectivity index (χ3n) is 7.01. The molecule has 3 fully saturated rings. The average molecular weight is 394 g/mol. The number of carbonyl (C=O) groups excluding carboxylic acids is 3. The van der Waals surface area contributed by atoms with E-state index in [4.69, 9.17) is 0 Å². The largest absolute Gasteiger partial charge is 0.353 e. The molecule has 0 unspecified atom stereocenters. The Hall–Kier alpha value is -2.70. The highest BCUT2D eigenvalue weighted by Crippen LogP contribution is 2.49. The Bertz CT molecular complexity index is 815. The van der Waals surface area contributed by atoms with Gasteiger partial charge >= 0.3 is 0 Å². The van der Waals surface area contributed by atoms with Gasteiger partial charge < -0.3 is 9.80 Å². The zero-order valence-electron chi connectivity index (χ0n) is 16.4. The number of amides is 3. The number of rotatable bonds is 4. The summed E-state index contributed by atoms with van der Waals surface area (Å²) in [4.78, 5) is 48.2. The average Bonchev–Trinajstić information content (AvgIpc) is 3.05. The number of piperazine rings is 1. The van der Waals surface area contributed by atoms with Crippen LogP contribution in [0.3, 0.4) is 0 Å². The number of nitrogens with zero attached hydrogens (tertiary/aromatic N) is 4. The summed E-state index contributed by atoms with van der Waals surface area (Å²) in [5.74, 6) is 0.828. The van der Waals surface area contributed by atoms with Crippen LogP contribution in [0.2, 0.25) is 0 Å². The summed E-state index contributed by atoms with van der Waals surface area (Å²) in [6.45, 7) is 2.96. The van der Waals surface area contributed by atoms with Gasteiger partial charge in [-0.15, -0.1) is 0 Å². The Kier molecular flexibility index (Phi) is 4.60. The summed E-state index contributed by atoms with van der Waals surface area (Å²) in [5.41, 5.74) is 0. The molecular weight excluding hydrogens is 368 g/mol. The van der Waals surface area contributed by atoms with Crippen LogP contribution in [0.4, 0.5) is 5.82 Å². The number of hydrogen-bond donors (Lipinski definition) is 0. The van der Waals surface area contributed by atoms with Crippen LogP contribution in [0, 0.1) is 23.7 Å². The van der Waals surface area contributed by atoms with Gasteiger partial charge in [0.1, 0.15) is 5.82 Å². The van der Waals surface area contributed by atoms with Gasteiger partial charge in [0.05, 0.1) is 11.8 Å². The van der Waals surface area contributed by atoms with Crippen LogP contribution >= 0.6 is 0 Å². The van der Waals surface area contributed by atoms with Crippen molar-refractivity contribution in [1.82, 2.24) is 14.8 Å². The number of anilines is 1. The molecular formula is C22H26N4O3. The number of hydrogen-bond acceptors (Lipinski definition) is 5. The number of aromatic nitrogens is 1. The number of pyridine rings is 1. The molecule has 1 aromatic rings. The number of likely N-dealkylation sites (tertiary alicyclic amines) is 1. The minimum atomic E-state index is -0.191. The Morgan fingerprint density at radius 1 is 0.966 bits per heavy atom. The van der Waals surface area contributed by atoms with E-state index in [0.29, 0.717) is 13.1 Å². The molecule has 1 aromatic heterocycles. The molecule has 5 aliphatic rings. The molecule has 4 atom stereocenters. The van der Waals surface area contributed by atoms with Crippen LogP contribution in [0.25, 0.3) is 0 Å². The Labute approximate surface area is 170 Å². The topological polar surface area (TPSA) is 73.8 Å². The van der Waals surface area contributed by atoms with Gasteiger partial charge in [-0.25, -0.2) is 4.98 Å². The van der Waals surface area contributed by atoms with Crippen molar-refractivity contribution < 1.29 is 14.4 Å². The maximum atomic E-state index is 12.9. The summed E-state index contributed by atoms with van der Waals surface area (Å²) in [6.07, 6.45) is 8.22. The molecule has 3 amide bonds. The molecule has 0 spiro atoms.